The first-order valence-electron chi connectivity index (χ1n) is 16.2. The Morgan fingerprint density at radius 2 is 1.77 bits per heavy atom. The number of aromatic nitrogens is 1. The molecule has 2 heterocycles. The lowest BCUT2D eigenvalue weighted by Crippen LogP contribution is -2.47. The number of pyridine rings is 1. The molecular weight excluding hydrogens is 611 g/mol. The van der Waals surface area contributed by atoms with Gasteiger partial charge in [0, 0.05) is 37.2 Å². The summed E-state index contributed by atoms with van der Waals surface area (Å²) >= 11 is 0. The Kier molecular flexibility index (Phi) is 12.1. The molecule has 0 radical (unpaired) electrons. The maximum atomic E-state index is 15.1. The number of primary amides is 1. The normalized spacial score (nSPS) is 19.1. The fourth-order valence-corrected chi connectivity index (χ4v) is 6.22. The Hall–Kier alpha value is -4.16. The Bertz CT molecular complexity index is 1500. The van der Waals surface area contributed by atoms with E-state index in [0.717, 1.165) is 19.0 Å². The van der Waals surface area contributed by atoms with E-state index in [9.17, 15) is 18.4 Å². The van der Waals surface area contributed by atoms with Gasteiger partial charge in [-0.25, -0.2) is 18.0 Å². The van der Waals surface area contributed by atoms with Crippen molar-refractivity contribution in [1.82, 2.24) is 15.6 Å². The van der Waals surface area contributed by atoms with Crippen molar-refractivity contribution in [2.75, 3.05) is 31.6 Å². The van der Waals surface area contributed by atoms with Crippen molar-refractivity contribution in [3.8, 4) is 11.1 Å². The van der Waals surface area contributed by atoms with Gasteiger partial charge in [-0.15, -0.1) is 0 Å². The van der Waals surface area contributed by atoms with Gasteiger partial charge >= 0.3 is 6.09 Å². The van der Waals surface area contributed by atoms with Crippen LogP contribution < -0.4 is 21.7 Å². The van der Waals surface area contributed by atoms with Gasteiger partial charge in [-0.1, -0.05) is 37.5 Å². The number of amides is 2. The number of hydrogen-bond acceptors (Lipinski definition) is 7. The maximum Gasteiger partial charge on any atom is 0.407 e. The van der Waals surface area contributed by atoms with Crippen LogP contribution in [-0.4, -0.2) is 61.5 Å². The Morgan fingerprint density at radius 3 is 2.53 bits per heavy atom. The van der Waals surface area contributed by atoms with Crippen molar-refractivity contribution in [3.63, 3.8) is 0 Å². The van der Waals surface area contributed by atoms with Crippen LogP contribution in [0.4, 0.5) is 23.7 Å². The van der Waals surface area contributed by atoms with Crippen molar-refractivity contribution < 1.29 is 32.2 Å². The molecule has 0 spiro atoms. The third-order valence-corrected chi connectivity index (χ3v) is 8.81. The van der Waals surface area contributed by atoms with E-state index in [2.05, 4.69) is 20.9 Å². The van der Waals surface area contributed by atoms with Crippen LogP contribution in [0.5, 0.6) is 0 Å². The number of halogens is 3. The van der Waals surface area contributed by atoms with Gasteiger partial charge in [-0.05, 0) is 67.0 Å². The monoisotopic (exact) mass is 653 g/mol. The van der Waals surface area contributed by atoms with Gasteiger partial charge in [-0.3, -0.25) is 9.78 Å². The van der Waals surface area contributed by atoms with Gasteiger partial charge < -0.3 is 31.2 Å². The first kappa shape index (κ1) is 34.2. The van der Waals surface area contributed by atoms with Crippen LogP contribution >= 0.6 is 0 Å². The van der Waals surface area contributed by atoms with Crippen LogP contribution in [0.15, 0.2) is 54.9 Å². The number of benzene rings is 2. The third-order valence-electron chi connectivity index (χ3n) is 8.81. The number of nitrogens with two attached hydrogens (primary N) is 1. The van der Waals surface area contributed by atoms with Crippen LogP contribution in [0, 0.1) is 23.4 Å². The van der Waals surface area contributed by atoms with E-state index >= 15 is 4.39 Å². The van der Waals surface area contributed by atoms with Crippen LogP contribution in [0.2, 0.25) is 0 Å². The van der Waals surface area contributed by atoms with Gasteiger partial charge in [0.15, 0.2) is 0 Å². The highest BCUT2D eigenvalue weighted by Crippen LogP contribution is 2.27. The van der Waals surface area contributed by atoms with Crippen LogP contribution in [0.3, 0.4) is 0 Å². The fourth-order valence-electron chi connectivity index (χ4n) is 6.22. The summed E-state index contributed by atoms with van der Waals surface area (Å²) in [5.74, 6) is -1.66. The molecule has 1 aliphatic carbocycles. The standard InChI is InChI=1S/C35H42F3N5O4/c36-25-9-7-24(8-10-25)29-14-23(6-13-30(29)37)15-32(34(39)44)43-33-20-41-19-31(38)28(33)12-11-26-17-40-18-27(47-26)21-46-35(45)42-16-22-4-2-1-3-5-22/h6-10,13-14,19-20,22,26-27,32,40,43H,1-5,11-12,15-18,21H2,(H2,39,44)(H,42,45)/t26-,27+,32+/m1/s1. The number of rotatable bonds is 13. The molecule has 47 heavy (non-hydrogen) atoms. The fraction of sp³-hybridized carbons (Fsp3) is 0.457. The quantitative estimate of drug-likeness (QED) is 0.198. The number of carbonyl (C=O) groups is 2. The average Bonchev–Trinajstić information content (AvgIpc) is 3.07. The molecular formula is C35H42F3N5O4. The number of carbonyl (C=O) groups excluding carboxylic acids is 2. The first-order chi connectivity index (χ1) is 22.7. The van der Waals surface area contributed by atoms with Gasteiger partial charge in [-0.2, -0.15) is 0 Å². The van der Waals surface area contributed by atoms with Crippen molar-refractivity contribution >= 4 is 17.7 Å². The van der Waals surface area contributed by atoms with Gasteiger partial charge in [0.1, 0.15) is 36.2 Å². The van der Waals surface area contributed by atoms with Crippen LogP contribution in [0.1, 0.15) is 49.7 Å². The van der Waals surface area contributed by atoms with E-state index in [1.807, 2.05) is 0 Å². The molecule has 252 valence electrons. The second kappa shape index (κ2) is 16.6. The topological polar surface area (TPSA) is 128 Å². The molecule has 1 aromatic heterocycles. The summed E-state index contributed by atoms with van der Waals surface area (Å²) in [7, 11) is 0. The molecule has 9 nitrogen and oxygen atoms in total. The van der Waals surface area contributed by atoms with Crippen LogP contribution in [-0.2, 0) is 27.1 Å². The van der Waals surface area contributed by atoms with Crippen molar-refractivity contribution in [2.45, 2.75) is 69.6 Å². The molecule has 5 N–H and O–H groups in total. The van der Waals surface area contributed by atoms with E-state index in [1.54, 1.807) is 12.1 Å². The van der Waals surface area contributed by atoms with E-state index in [0.29, 0.717) is 54.4 Å². The summed E-state index contributed by atoms with van der Waals surface area (Å²) in [6.45, 7) is 1.79. The zero-order valence-electron chi connectivity index (χ0n) is 26.3. The van der Waals surface area contributed by atoms with E-state index < -0.39 is 35.5 Å². The van der Waals surface area contributed by atoms with Crippen molar-refractivity contribution in [1.29, 1.82) is 0 Å². The number of nitrogens with zero attached hydrogens (tertiary/aromatic N) is 1. The summed E-state index contributed by atoms with van der Waals surface area (Å²) in [6.07, 6.45) is 8.22. The molecule has 12 heteroatoms. The molecule has 2 amide bonds. The summed E-state index contributed by atoms with van der Waals surface area (Å²) in [5.41, 5.74) is 7.70. The Morgan fingerprint density at radius 1 is 1.00 bits per heavy atom. The SMILES string of the molecule is NC(=O)[C@H](Cc1ccc(F)c(-c2ccc(F)cc2)c1)Nc1cncc(F)c1CC[C@@H]1CNC[C@@H](COC(=O)NCC2CCCCC2)O1. The highest BCUT2D eigenvalue weighted by molar-refractivity contribution is 5.83. The molecule has 5 rings (SSSR count). The lowest BCUT2D eigenvalue weighted by atomic mass is 9.89. The summed E-state index contributed by atoms with van der Waals surface area (Å²) in [4.78, 5) is 28.7. The molecule has 1 aliphatic heterocycles. The molecule has 0 bridgehead atoms. The van der Waals surface area contributed by atoms with Gasteiger partial charge in [0.25, 0.3) is 0 Å². The summed E-state index contributed by atoms with van der Waals surface area (Å²) in [6, 6.07) is 8.88. The second-order valence-electron chi connectivity index (χ2n) is 12.3. The molecule has 3 aromatic rings. The molecule has 3 atom stereocenters. The zero-order valence-corrected chi connectivity index (χ0v) is 26.3. The summed E-state index contributed by atoms with van der Waals surface area (Å²) in [5, 5.41) is 9.19. The minimum absolute atomic E-state index is 0.0886. The average molecular weight is 654 g/mol. The number of alkyl carbamates (subject to hydrolysis) is 1. The predicted molar refractivity (Wildman–Crippen MR) is 172 cm³/mol. The van der Waals surface area contributed by atoms with Crippen molar-refractivity contribution in [2.24, 2.45) is 11.7 Å². The second-order valence-corrected chi connectivity index (χ2v) is 12.3. The number of hydrogen-bond donors (Lipinski definition) is 4. The van der Waals surface area contributed by atoms with Crippen molar-refractivity contribution in [3.05, 3.63) is 83.4 Å². The number of nitrogens with one attached hydrogen (secondary N) is 3. The Balaban J connectivity index is 1.16. The third kappa shape index (κ3) is 9.92. The predicted octanol–water partition coefficient (Wildman–Crippen LogP) is 5.27. The maximum absolute atomic E-state index is 15.1. The first-order valence-corrected chi connectivity index (χ1v) is 16.2. The van der Waals surface area contributed by atoms with E-state index in [4.69, 9.17) is 15.2 Å². The molecule has 0 unspecified atom stereocenters. The highest BCUT2D eigenvalue weighted by atomic mass is 19.1. The number of morpholine rings is 1. The van der Waals surface area contributed by atoms with Gasteiger partial charge in [0.2, 0.25) is 5.91 Å². The number of ether oxygens (including phenoxy) is 2. The molecule has 1 saturated heterocycles. The molecule has 2 fully saturated rings. The molecule has 1 saturated carbocycles. The van der Waals surface area contributed by atoms with E-state index in [1.165, 1.54) is 55.8 Å². The smallest absolute Gasteiger partial charge is 0.407 e. The Labute approximate surface area is 272 Å². The minimum Gasteiger partial charge on any atom is -0.447 e. The molecule has 2 aliphatic rings. The largest absolute Gasteiger partial charge is 0.447 e. The highest BCUT2D eigenvalue weighted by Gasteiger charge is 2.25. The molecule has 2 aromatic carbocycles. The van der Waals surface area contributed by atoms with E-state index in [-0.39, 0.29) is 37.2 Å². The zero-order chi connectivity index (χ0) is 33.2. The number of anilines is 1. The lowest BCUT2D eigenvalue weighted by Gasteiger charge is -2.31. The van der Waals surface area contributed by atoms with Crippen LogP contribution in [0.25, 0.3) is 11.1 Å². The van der Waals surface area contributed by atoms with Gasteiger partial charge in [0.05, 0.1) is 24.2 Å². The lowest BCUT2D eigenvalue weighted by molar-refractivity contribution is -0.118. The summed E-state index contributed by atoms with van der Waals surface area (Å²) < 4.78 is 54.7. The minimum atomic E-state index is -0.956.